The Kier molecular flexibility index (Phi) is 11.2. The summed E-state index contributed by atoms with van der Waals surface area (Å²) in [6.07, 6.45) is 2.64. The zero-order valence-corrected chi connectivity index (χ0v) is 29.0. The number of piperidine rings is 1. The van der Waals surface area contributed by atoms with Crippen molar-refractivity contribution >= 4 is 41.9 Å². The number of guanidine groups is 1. The van der Waals surface area contributed by atoms with Crippen molar-refractivity contribution in [3.05, 3.63) is 65.7 Å². The zero-order chi connectivity index (χ0) is 37.7. The molecule has 4 heterocycles. The molecule has 17 nitrogen and oxygen atoms in total. The van der Waals surface area contributed by atoms with Gasteiger partial charge in [-0.3, -0.25) is 39.5 Å². The Labute approximate surface area is 305 Å². The molecule has 0 bridgehead atoms. The minimum Gasteiger partial charge on any atom is -0.508 e. The molecule has 4 aliphatic rings. The van der Waals surface area contributed by atoms with E-state index >= 15 is 0 Å². The Balaban J connectivity index is 1.09. The minimum absolute atomic E-state index is 0.0720. The number of nitrogens with one attached hydrogen (secondary N) is 7. The third-order valence-electron chi connectivity index (χ3n) is 10.5. The first-order chi connectivity index (χ1) is 25.5. The molecule has 0 spiro atoms. The molecule has 9 N–H and O–H groups in total. The summed E-state index contributed by atoms with van der Waals surface area (Å²) < 4.78 is 0. The van der Waals surface area contributed by atoms with E-state index in [1.807, 2.05) is 30.3 Å². The molecular weight excluding hydrogens is 686 g/mol. The number of amides is 6. The van der Waals surface area contributed by atoms with Crippen LogP contribution in [0.25, 0.3) is 0 Å². The highest BCUT2D eigenvalue weighted by molar-refractivity contribution is 6.07. The SMILES string of the molecule is N=C1NC(=O)[C@]2(O)[C@@H](NC(=O)[C@@H]3CCCN3C(=O)[C@H](CNC(=O)C[C@@H]3N[C@H](Cc4ccccc4)C(=O)N[C@H]3Cc3ccc(O)cc3)NC=O)CCCN12. The quantitative estimate of drug-likeness (QED) is 0.102. The molecule has 7 atom stereocenters. The van der Waals surface area contributed by atoms with Crippen molar-refractivity contribution < 1.29 is 39.0 Å². The second kappa shape index (κ2) is 16.0. The van der Waals surface area contributed by atoms with Crippen LogP contribution in [0.5, 0.6) is 5.75 Å². The van der Waals surface area contributed by atoms with Crippen LogP contribution < -0.4 is 31.9 Å². The normalized spacial score (nSPS) is 27.3. The number of aliphatic hydroxyl groups is 1. The monoisotopic (exact) mass is 731 g/mol. The summed E-state index contributed by atoms with van der Waals surface area (Å²) in [7, 11) is 0. The highest BCUT2D eigenvalue weighted by Crippen LogP contribution is 2.31. The third-order valence-corrected chi connectivity index (χ3v) is 10.5. The molecule has 6 amide bonds. The average molecular weight is 732 g/mol. The number of rotatable bonds is 13. The van der Waals surface area contributed by atoms with Crippen LogP contribution in [-0.4, -0.2) is 124 Å². The third kappa shape index (κ3) is 8.10. The Morgan fingerprint density at radius 3 is 2.43 bits per heavy atom. The molecule has 17 heteroatoms. The molecule has 282 valence electrons. The van der Waals surface area contributed by atoms with Gasteiger partial charge in [0.1, 0.15) is 17.8 Å². The predicted octanol–water partition coefficient (Wildman–Crippen LogP) is -2.05. The Morgan fingerprint density at radius 1 is 0.981 bits per heavy atom. The van der Waals surface area contributed by atoms with Crippen LogP contribution in [-0.2, 0) is 41.6 Å². The van der Waals surface area contributed by atoms with Gasteiger partial charge in [-0.1, -0.05) is 42.5 Å². The van der Waals surface area contributed by atoms with Gasteiger partial charge < -0.3 is 46.6 Å². The number of hydrogen-bond donors (Lipinski definition) is 9. The molecule has 0 saturated carbocycles. The van der Waals surface area contributed by atoms with Crippen LogP contribution in [0.3, 0.4) is 0 Å². The van der Waals surface area contributed by atoms with Gasteiger partial charge in [-0.05, 0) is 61.8 Å². The fourth-order valence-corrected chi connectivity index (χ4v) is 7.69. The first-order valence-electron chi connectivity index (χ1n) is 17.8. The van der Waals surface area contributed by atoms with Crippen molar-refractivity contribution in [2.75, 3.05) is 19.6 Å². The van der Waals surface area contributed by atoms with Crippen LogP contribution in [0.4, 0.5) is 0 Å². The van der Waals surface area contributed by atoms with Crippen molar-refractivity contribution in [2.45, 2.75) is 86.9 Å². The maximum absolute atomic E-state index is 13.8. The molecule has 53 heavy (non-hydrogen) atoms. The van der Waals surface area contributed by atoms with Crippen LogP contribution in [0, 0.1) is 5.41 Å². The molecule has 4 fully saturated rings. The fraction of sp³-hybridized carbons (Fsp3) is 0.472. The molecule has 0 unspecified atom stereocenters. The van der Waals surface area contributed by atoms with Crippen LogP contribution in [0.15, 0.2) is 54.6 Å². The average Bonchev–Trinajstić information content (AvgIpc) is 3.72. The molecule has 0 aliphatic carbocycles. The molecule has 2 aromatic rings. The number of fused-ring (bicyclic) bond motifs is 1. The number of likely N-dealkylation sites (tertiary alicyclic amines) is 1. The van der Waals surface area contributed by atoms with E-state index in [4.69, 9.17) is 5.41 Å². The summed E-state index contributed by atoms with van der Waals surface area (Å²) in [5, 5.41) is 45.6. The topological polar surface area (TPSA) is 245 Å². The van der Waals surface area contributed by atoms with E-state index in [0.29, 0.717) is 38.5 Å². The lowest BCUT2D eigenvalue weighted by atomic mass is 9.91. The number of phenols is 1. The van der Waals surface area contributed by atoms with Gasteiger partial charge in [0, 0.05) is 38.1 Å². The van der Waals surface area contributed by atoms with E-state index in [1.165, 1.54) is 9.80 Å². The Bertz CT molecular complexity index is 1730. The fourth-order valence-electron chi connectivity index (χ4n) is 7.69. The number of aromatic hydroxyl groups is 1. The number of hydrogen-bond acceptors (Lipinski definition) is 10. The molecule has 4 saturated heterocycles. The molecule has 2 aromatic carbocycles. The lowest BCUT2D eigenvalue weighted by Crippen LogP contribution is -2.67. The van der Waals surface area contributed by atoms with E-state index in [2.05, 4.69) is 31.9 Å². The van der Waals surface area contributed by atoms with E-state index in [9.17, 15) is 39.0 Å². The van der Waals surface area contributed by atoms with E-state index < -0.39 is 65.6 Å². The number of carbonyl (C=O) groups is 6. The van der Waals surface area contributed by atoms with Gasteiger partial charge in [-0.15, -0.1) is 0 Å². The van der Waals surface area contributed by atoms with Crippen molar-refractivity contribution in [2.24, 2.45) is 0 Å². The summed E-state index contributed by atoms with van der Waals surface area (Å²) in [5.74, 6) is -2.76. The smallest absolute Gasteiger partial charge is 0.282 e. The van der Waals surface area contributed by atoms with Crippen molar-refractivity contribution in [1.82, 2.24) is 41.7 Å². The van der Waals surface area contributed by atoms with Crippen LogP contribution in [0.2, 0.25) is 0 Å². The van der Waals surface area contributed by atoms with Gasteiger partial charge in [0.05, 0.1) is 12.1 Å². The second-order valence-corrected chi connectivity index (χ2v) is 13.9. The van der Waals surface area contributed by atoms with Gasteiger partial charge in [0.2, 0.25) is 41.7 Å². The van der Waals surface area contributed by atoms with Gasteiger partial charge in [-0.2, -0.15) is 0 Å². The number of benzene rings is 2. The molecule has 6 rings (SSSR count). The summed E-state index contributed by atoms with van der Waals surface area (Å²) >= 11 is 0. The number of phenolic OH excluding ortho intramolecular Hbond substituents is 1. The lowest BCUT2D eigenvalue weighted by Gasteiger charge is -2.42. The highest BCUT2D eigenvalue weighted by atomic mass is 16.3. The van der Waals surface area contributed by atoms with E-state index in [1.54, 1.807) is 24.3 Å². The van der Waals surface area contributed by atoms with Crippen LogP contribution in [0.1, 0.15) is 43.2 Å². The minimum atomic E-state index is -2.12. The van der Waals surface area contributed by atoms with Crippen molar-refractivity contribution in [1.29, 1.82) is 5.41 Å². The van der Waals surface area contributed by atoms with Gasteiger partial charge in [0.15, 0.2) is 0 Å². The Morgan fingerprint density at radius 2 is 1.70 bits per heavy atom. The maximum Gasteiger partial charge on any atom is 0.282 e. The number of piperazine rings is 1. The van der Waals surface area contributed by atoms with Gasteiger partial charge in [-0.25, -0.2) is 0 Å². The number of carbonyl (C=O) groups excluding carboxylic acids is 6. The summed E-state index contributed by atoms with van der Waals surface area (Å²) in [5.41, 5.74) is -0.338. The summed E-state index contributed by atoms with van der Waals surface area (Å²) in [6.45, 7) is 0.204. The van der Waals surface area contributed by atoms with E-state index in [-0.39, 0.29) is 50.1 Å². The molecule has 0 aromatic heterocycles. The molecule has 0 radical (unpaired) electrons. The highest BCUT2D eigenvalue weighted by Gasteiger charge is 2.58. The Hall–Kier alpha value is -5.55. The molecule has 4 aliphatic heterocycles. The summed E-state index contributed by atoms with van der Waals surface area (Å²) in [4.78, 5) is 80.6. The first-order valence-corrected chi connectivity index (χ1v) is 17.8. The van der Waals surface area contributed by atoms with Gasteiger partial charge in [0.25, 0.3) is 5.91 Å². The summed E-state index contributed by atoms with van der Waals surface area (Å²) in [6, 6.07) is 11.3. The standard InChI is InChI=1S/C36H45N9O8/c37-35-43-34(52)36(53)29(9-5-15-45(35)36)42-32(50)28-8-4-14-44(28)33(51)27(39-20-46)19-38-30(48)18-25-24(16-22-10-12-23(47)13-11-22)41-31(49)26(40-25)17-21-6-2-1-3-7-21/h1-3,6-7,10-13,20,24-29,40,47,53H,4-5,8-9,14-19H2,(H,38,48)(H,39,46)(H,41,49)(H,42,50)(H2,37,43,52)/t24-,25-,26+,27-,28-,29-,36+/m0/s1. The maximum atomic E-state index is 13.8. The van der Waals surface area contributed by atoms with Crippen molar-refractivity contribution in [3.63, 3.8) is 0 Å². The van der Waals surface area contributed by atoms with Gasteiger partial charge >= 0.3 is 0 Å². The van der Waals surface area contributed by atoms with E-state index in [0.717, 1.165) is 11.1 Å². The predicted molar refractivity (Wildman–Crippen MR) is 189 cm³/mol. The first kappa shape index (κ1) is 37.2. The second-order valence-electron chi connectivity index (χ2n) is 13.9. The molecular formula is C36H45N9O8. The zero-order valence-electron chi connectivity index (χ0n) is 29.0. The lowest BCUT2D eigenvalue weighted by molar-refractivity contribution is -0.160. The number of nitrogens with zero attached hydrogens (tertiary/aromatic N) is 2. The van der Waals surface area contributed by atoms with Crippen molar-refractivity contribution in [3.8, 4) is 5.75 Å². The largest absolute Gasteiger partial charge is 0.508 e. The van der Waals surface area contributed by atoms with Crippen LogP contribution >= 0.6 is 0 Å².